The molecule has 2 aromatic carbocycles. The van der Waals surface area contributed by atoms with Crippen LogP contribution in [0.15, 0.2) is 57.9 Å². The third-order valence-corrected chi connectivity index (χ3v) is 6.32. The molecule has 0 fully saturated rings. The molecule has 0 radical (unpaired) electrons. The number of rotatable bonds is 7. The van der Waals surface area contributed by atoms with E-state index in [1.54, 1.807) is 0 Å². The molecule has 27 heavy (non-hydrogen) atoms. The zero-order chi connectivity index (χ0) is 20.2. The number of hydrogen-bond donors (Lipinski definition) is 2. The van der Waals surface area contributed by atoms with Gasteiger partial charge < -0.3 is 0 Å². The summed E-state index contributed by atoms with van der Waals surface area (Å²) in [5.41, 5.74) is 1.25. The summed E-state index contributed by atoms with van der Waals surface area (Å²) >= 11 is 3.21. The monoisotopic (exact) mass is 457 g/mol. The van der Waals surface area contributed by atoms with E-state index in [1.807, 2.05) is 0 Å². The summed E-state index contributed by atoms with van der Waals surface area (Å²) in [4.78, 5) is 22.4. The number of nitrogens with one attached hydrogen (secondary N) is 1. The van der Waals surface area contributed by atoms with Crippen molar-refractivity contribution in [3.8, 4) is 0 Å². The molecule has 0 heterocycles. The number of hydrogen-bond acceptors (Lipinski definition) is 6. The highest BCUT2D eigenvalue weighted by atomic mass is 79.9. The minimum absolute atomic E-state index is 0.0955. The van der Waals surface area contributed by atoms with Crippen LogP contribution >= 0.6 is 15.9 Å². The van der Waals surface area contributed by atoms with E-state index in [0.717, 1.165) is 4.31 Å². The number of para-hydroxylation sites is 1. The fourth-order valence-electron chi connectivity index (χ4n) is 2.39. The van der Waals surface area contributed by atoms with Crippen molar-refractivity contribution in [3.05, 3.63) is 68.7 Å². The van der Waals surface area contributed by atoms with Gasteiger partial charge in [-0.2, -0.15) is 4.31 Å². The molecular formula is C16H16BrN3O6S. The third kappa shape index (κ3) is 4.69. The maximum absolute atomic E-state index is 13.1. The second-order valence-electron chi connectivity index (χ2n) is 5.54. The molecule has 0 saturated carbocycles. The number of sulfonamides is 1. The number of hydroxylamine groups is 1. The molecule has 1 amide bonds. The molecule has 0 bridgehead atoms. The van der Waals surface area contributed by atoms with Crippen LogP contribution in [0, 0.1) is 10.1 Å². The predicted octanol–water partition coefficient (Wildman–Crippen LogP) is 2.44. The van der Waals surface area contributed by atoms with E-state index in [4.69, 9.17) is 5.21 Å². The highest BCUT2D eigenvalue weighted by molar-refractivity contribution is 9.10. The lowest BCUT2D eigenvalue weighted by Gasteiger charge is -2.27. The first kappa shape index (κ1) is 21.0. The molecule has 144 valence electrons. The lowest BCUT2D eigenvalue weighted by atomic mass is 10.1. The number of halogens is 1. The Hall–Kier alpha value is -2.34. The highest BCUT2D eigenvalue weighted by Gasteiger charge is 2.34. The van der Waals surface area contributed by atoms with Crippen molar-refractivity contribution in [2.75, 3.05) is 0 Å². The summed E-state index contributed by atoms with van der Waals surface area (Å²) in [6.07, 6.45) is 0. The van der Waals surface area contributed by atoms with Crippen molar-refractivity contribution in [2.24, 2.45) is 0 Å². The number of carbonyl (C=O) groups is 1. The highest BCUT2D eigenvalue weighted by Crippen LogP contribution is 2.26. The molecular weight excluding hydrogens is 442 g/mol. The Balaban J connectivity index is 2.54. The molecule has 2 N–H and O–H groups in total. The van der Waals surface area contributed by atoms with E-state index in [1.165, 1.54) is 60.9 Å². The van der Waals surface area contributed by atoms with Crippen LogP contribution in [0.2, 0.25) is 0 Å². The second kappa shape index (κ2) is 8.57. The van der Waals surface area contributed by atoms with Crippen LogP contribution in [0.5, 0.6) is 0 Å². The largest absolute Gasteiger partial charge is 0.289 e. The molecule has 11 heteroatoms. The molecule has 2 rings (SSSR count). The lowest BCUT2D eigenvalue weighted by molar-refractivity contribution is -0.385. The van der Waals surface area contributed by atoms with Gasteiger partial charge in [-0.25, -0.2) is 13.9 Å². The molecule has 0 aliphatic heterocycles. The van der Waals surface area contributed by atoms with Crippen molar-refractivity contribution in [1.82, 2.24) is 9.79 Å². The van der Waals surface area contributed by atoms with Gasteiger partial charge in [0, 0.05) is 22.6 Å². The predicted molar refractivity (Wildman–Crippen MR) is 99.4 cm³/mol. The Labute approximate surface area is 163 Å². The van der Waals surface area contributed by atoms with Gasteiger partial charge in [0.1, 0.15) is 6.04 Å². The van der Waals surface area contributed by atoms with Crippen molar-refractivity contribution in [3.63, 3.8) is 0 Å². The normalized spacial score (nSPS) is 12.6. The third-order valence-electron chi connectivity index (χ3n) is 3.86. The Morgan fingerprint density at radius 1 is 1.26 bits per heavy atom. The Morgan fingerprint density at radius 2 is 1.85 bits per heavy atom. The molecule has 0 unspecified atom stereocenters. The first-order chi connectivity index (χ1) is 12.7. The second-order valence-corrected chi connectivity index (χ2v) is 8.35. The Bertz CT molecular complexity index is 949. The van der Waals surface area contributed by atoms with Crippen molar-refractivity contribution in [2.45, 2.75) is 24.4 Å². The summed E-state index contributed by atoms with van der Waals surface area (Å²) in [5, 5.41) is 20.1. The van der Waals surface area contributed by atoms with E-state index in [9.17, 15) is 23.3 Å². The minimum atomic E-state index is -4.19. The molecule has 2 aromatic rings. The molecule has 0 aliphatic rings. The quantitative estimate of drug-likeness (QED) is 0.373. The van der Waals surface area contributed by atoms with Crippen LogP contribution < -0.4 is 5.48 Å². The number of nitrogens with zero attached hydrogens (tertiary/aromatic N) is 2. The van der Waals surface area contributed by atoms with Crippen LogP contribution in [0.25, 0.3) is 0 Å². The fourth-order valence-corrected chi connectivity index (χ4v) is 4.22. The molecule has 0 aromatic heterocycles. The van der Waals surface area contributed by atoms with Crippen LogP contribution in [-0.2, 0) is 21.4 Å². The Kier molecular flexibility index (Phi) is 6.65. The van der Waals surface area contributed by atoms with E-state index in [0.29, 0.717) is 4.47 Å². The van der Waals surface area contributed by atoms with Gasteiger partial charge >= 0.3 is 0 Å². The molecule has 9 nitrogen and oxygen atoms in total. The Morgan fingerprint density at radius 3 is 2.41 bits per heavy atom. The van der Waals surface area contributed by atoms with Crippen molar-refractivity contribution >= 4 is 37.5 Å². The van der Waals surface area contributed by atoms with Gasteiger partial charge in [0.15, 0.2) is 0 Å². The zero-order valence-electron chi connectivity index (χ0n) is 14.1. The summed E-state index contributed by atoms with van der Waals surface area (Å²) in [5.74, 6) is -0.964. The fraction of sp³-hybridized carbons (Fsp3) is 0.188. The van der Waals surface area contributed by atoms with Crippen LogP contribution in [-0.4, -0.2) is 34.8 Å². The summed E-state index contributed by atoms with van der Waals surface area (Å²) in [6.45, 7) is 0.848. The van der Waals surface area contributed by atoms with Gasteiger partial charge in [-0.1, -0.05) is 34.1 Å². The SMILES string of the molecule is C[C@@H](C(=O)NO)N(Cc1ccccc1[N+](=O)[O-])S(=O)(=O)c1ccc(Br)cc1. The van der Waals surface area contributed by atoms with Gasteiger partial charge in [-0.3, -0.25) is 20.1 Å². The van der Waals surface area contributed by atoms with E-state index in [-0.39, 0.29) is 16.1 Å². The number of carbonyl (C=O) groups excluding carboxylic acids is 1. The van der Waals surface area contributed by atoms with E-state index in [2.05, 4.69) is 15.9 Å². The van der Waals surface area contributed by atoms with Crippen LogP contribution in [0.4, 0.5) is 5.69 Å². The number of nitro benzene ring substituents is 1. The minimum Gasteiger partial charge on any atom is -0.289 e. The average Bonchev–Trinajstić information content (AvgIpc) is 2.65. The standard InChI is InChI=1S/C16H16BrN3O6S/c1-11(16(21)18-22)19(10-12-4-2-3-5-15(12)20(23)24)27(25,26)14-8-6-13(17)7-9-14/h2-9,11,22H,10H2,1H3,(H,18,21)/t11-/m0/s1. The summed E-state index contributed by atoms with van der Waals surface area (Å²) in [7, 11) is -4.19. The smallest absolute Gasteiger partial charge is 0.273 e. The first-order valence-electron chi connectivity index (χ1n) is 7.62. The van der Waals surface area contributed by atoms with E-state index < -0.39 is 33.4 Å². The number of nitro groups is 1. The van der Waals surface area contributed by atoms with Gasteiger partial charge in [-0.05, 0) is 31.2 Å². The molecule has 0 aliphatic carbocycles. The van der Waals surface area contributed by atoms with Gasteiger partial charge in [0.05, 0.1) is 9.82 Å². The van der Waals surface area contributed by atoms with Gasteiger partial charge in [-0.15, -0.1) is 0 Å². The topological polar surface area (TPSA) is 130 Å². The zero-order valence-corrected chi connectivity index (χ0v) is 16.5. The maximum Gasteiger partial charge on any atom is 0.273 e. The number of benzene rings is 2. The molecule has 0 saturated heterocycles. The van der Waals surface area contributed by atoms with Gasteiger partial charge in [0.25, 0.3) is 11.6 Å². The van der Waals surface area contributed by atoms with E-state index >= 15 is 0 Å². The van der Waals surface area contributed by atoms with Crippen LogP contribution in [0.1, 0.15) is 12.5 Å². The summed E-state index contributed by atoms with van der Waals surface area (Å²) in [6, 6.07) is 10.1. The molecule has 1 atom stereocenters. The lowest BCUT2D eigenvalue weighted by Crippen LogP contribution is -2.46. The van der Waals surface area contributed by atoms with Gasteiger partial charge in [0.2, 0.25) is 10.0 Å². The van der Waals surface area contributed by atoms with Crippen molar-refractivity contribution in [1.29, 1.82) is 0 Å². The molecule has 0 spiro atoms. The van der Waals surface area contributed by atoms with Crippen molar-refractivity contribution < 1.29 is 23.3 Å². The first-order valence-corrected chi connectivity index (χ1v) is 9.85. The number of amides is 1. The maximum atomic E-state index is 13.1. The summed E-state index contributed by atoms with van der Waals surface area (Å²) < 4.78 is 27.6. The van der Waals surface area contributed by atoms with Crippen LogP contribution in [0.3, 0.4) is 0 Å². The average molecular weight is 458 g/mol.